The summed E-state index contributed by atoms with van der Waals surface area (Å²) in [5, 5.41) is 0. The van der Waals surface area contributed by atoms with Gasteiger partial charge in [-0.1, -0.05) is 6.07 Å². The molecule has 1 spiro atoms. The molecule has 0 saturated heterocycles. The van der Waals surface area contributed by atoms with Gasteiger partial charge < -0.3 is 4.90 Å². The third-order valence-electron chi connectivity index (χ3n) is 4.02. The molecule has 0 amide bonds. The Morgan fingerprint density at radius 1 is 1.05 bits per heavy atom. The third-order valence-corrected chi connectivity index (χ3v) is 4.53. The highest BCUT2D eigenvalue weighted by molar-refractivity contribution is 7.80. The second kappa shape index (κ2) is 3.90. The summed E-state index contributed by atoms with van der Waals surface area (Å²) in [6, 6.07) is 6.39. The van der Waals surface area contributed by atoms with Crippen molar-refractivity contribution >= 4 is 36.9 Å². The van der Waals surface area contributed by atoms with E-state index in [0.717, 1.165) is 22.3 Å². The largest absolute Gasteiger partial charge is 0.309 e. The molecule has 0 N–H and O–H groups in total. The molecule has 1 aromatic heterocycles. The molecule has 1 aromatic carbocycles. The van der Waals surface area contributed by atoms with Gasteiger partial charge in [0.05, 0.1) is 0 Å². The van der Waals surface area contributed by atoms with Crippen LogP contribution in [0.15, 0.2) is 40.4 Å². The Balaban J connectivity index is 1.84. The van der Waals surface area contributed by atoms with Crippen LogP contribution in [0.1, 0.15) is 18.4 Å². The zero-order chi connectivity index (χ0) is 13.0. The van der Waals surface area contributed by atoms with Gasteiger partial charge >= 0.3 is 0 Å². The summed E-state index contributed by atoms with van der Waals surface area (Å²) in [6.07, 6.45) is 6.00. The van der Waals surface area contributed by atoms with Gasteiger partial charge in [0.15, 0.2) is 0 Å². The van der Waals surface area contributed by atoms with Gasteiger partial charge in [0, 0.05) is 39.8 Å². The monoisotopic (exact) mass is 287 g/mol. The molecular formula is C14H13N3S2. The summed E-state index contributed by atoms with van der Waals surface area (Å²) in [7, 11) is 0. The van der Waals surface area contributed by atoms with Crippen molar-refractivity contribution in [2.24, 2.45) is 0 Å². The third kappa shape index (κ3) is 1.75. The van der Waals surface area contributed by atoms with Crippen molar-refractivity contribution in [3.8, 4) is 0 Å². The topological polar surface area (TPSA) is 29.0 Å². The lowest BCUT2D eigenvalue weighted by Crippen LogP contribution is -2.21. The number of thiol groups is 2. The van der Waals surface area contributed by atoms with Gasteiger partial charge in [-0.3, -0.25) is 0 Å². The molecule has 0 atom stereocenters. The number of rotatable bonds is 1. The Labute approximate surface area is 122 Å². The Morgan fingerprint density at radius 3 is 2.47 bits per heavy atom. The minimum atomic E-state index is 0.333. The lowest BCUT2D eigenvalue weighted by Gasteiger charge is -2.17. The summed E-state index contributed by atoms with van der Waals surface area (Å²) >= 11 is 8.69. The summed E-state index contributed by atoms with van der Waals surface area (Å²) in [4.78, 5) is 12.8. The van der Waals surface area contributed by atoms with E-state index in [1.54, 1.807) is 12.4 Å². The van der Waals surface area contributed by atoms with Crippen LogP contribution in [0.2, 0.25) is 0 Å². The normalized spacial score (nSPS) is 18.7. The number of aromatic nitrogens is 2. The molecule has 19 heavy (non-hydrogen) atoms. The predicted octanol–water partition coefficient (Wildman–Crippen LogP) is 3.24. The molecule has 1 fully saturated rings. The summed E-state index contributed by atoms with van der Waals surface area (Å²) < 4.78 is 0. The van der Waals surface area contributed by atoms with Crippen LogP contribution >= 0.6 is 25.3 Å². The fourth-order valence-corrected chi connectivity index (χ4v) is 3.19. The molecule has 2 aliphatic rings. The lowest BCUT2D eigenvalue weighted by molar-refractivity contribution is 0.734. The van der Waals surface area contributed by atoms with E-state index >= 15 is 0 Å². The predicted molar refractivity (Wildman–Crippen MR) is 80.9 cm³/mol. The van der Waals surface area contributed by atoms with Gasteiger partial charge in [0.1, 0.15) is 0 Å². The second-order valence-electron chi connectivity index (χ2n) is 5.31. The van der Waals surface area contributed by atoms with Gasteiger partial charge in [-0.15, -0.1) is 25.3 Å². The molecule has 5 heteroatoms. The summed E-state index contributed by atoms with van der Waals surface area (Å²) in [5.74, 6) is 0.752. The van der Waals surface area contributed by atoms with Gasteiger partial charge in [0.2, 0.25) is 5.95 Å². The van der Waals surface area contributed by atoms with Crippen molar-refractivity contribution in [1.29, 1.82) is 0 Å². The number of fused-ring (bicyclic) bond motifs is 2. The maximum absolute atomic E-state index is 4.45. The average molecular weight is 287 g/mol. The molecule has 0 bridgehead atoms. The first kappa shape index (κ1) is 11.6. The molecular weight excluding hydrogens is 274 g/mol. The van der Waals surface area contributed by atoms with E-state index < -0.39 is 0 Å². The zero-order valence-electron chi connectivity index (χ0n) is 10.2. The van der Waals surface area contributed by atoms with E-state index in [-0.39, 0.29) is 0 Å². The van der Waals surface area contributed by atoms with E-state index in [0.29, 0.717) is 5.41 Å². The lowest BCUT2D eigenvalue weighted by atomic mass is 9.99. The molecule has 3 nitrogen and oxygen atoms in total. The van der Waals surface area contributed by atoms with E-state index in [4.69, 9.17) is 0 Å². The van der Waals surface area contributed by atoms with E-state index in [1.807, 2.05) is 0 Å². The van der Waals surface area contributed by atoms with Crippen molar-refractivity contribution in [2.75, 3.05) is 11.4 Å². The van der Waals surface area contributed by atoms with Crippen molar-refractivity contribution in [3.63, 3.8) is 0 Å². The van der Waals surface area contributed by atoms with Crippen LogP contribution in [-0.2, 0) is 5.41 Å². The van der Waals surface area contributed by atoms with E-state index in [2.05, 4.69) is 58.3 Å². The highest BCUT2D eigenvalue weighted by Gasteiger charge is 2.52. The highest BCUT2D eigenvalue weighted by Crippen LogP contribution is 2.57. The van der Waals surface area contributed by atoms with Gasteiger partial charge in [0.25, 0.3) is 0 Å². The fraction of sp³-hybridized carbons (Fsp3) is 0.286. The van der Waals surface area contributed by atoms with Crippen molar-refractivity contribution in [3.05, 3.63) is 36.2 Å². The molecule has 2 aromatic rings. The molecule has 4 rings (SSSR count). The van der Waals surface area contributed by atoms with Crippen molar-refractivity contribution in [1.82, 2.24) is 9.97 Å². The second-order valence-corrected chi connectivity index (χ2v) is 6.34. The maximum Gasteiger partial charge on any atom is 0.229 e. The van der Waals surface area contributed by atoms with Crippen LogP contribution in [0.25, 0.3) is 0 Å². The Hall–Kier alpha value is -1.20. The molecule has 0 unspecified atom stereocenters. The standard InChI is InChI=1S/C14H13N3S2/c18-9-1-2-11-12(5-9)17(8-14(11)3-4-14)13-15-6-10(19)7-16-13/h1-2,5-7,18-19H,3-4,8H2. The van der Waals surface area contributed by atoms with Crippen LogP contribution in [-0.4, -0.2) is 16.5 Å². The molecule has 0 radical (unpaired) electrons. The van der Waals surface area contributed by atoms with Crippen LogP contribution in [0.4, 0.5) is 11.6 Å². The number of nitrogens with zero attached hydrogens (tertiary/aromatic N) is 3. The Kier molecular flexibility index (Phi) is 2.38. The van der Waals surface area contributed by atoms with Crippen LogP contribution < -0.4 is 4.90 Å². The average Bonchev–Trinajstić information content (AvgIpc) is 3.10. The van der Waals surface area contributed by atoms with Gasteiger partial charge in [-0.2, -0.15) is 0 Å². The first-order chi connectivity index (χ1) is 9.18. The van der Waals surface area contributed by atoms with Crippen LogP contribution in [0, 0.1) is 0 Å². The number of hydrogen-bond donors (Lipinski definition) is 2. The fourth-order valence-electron chi connectivity index (χ4n) is 2.88. The molecule has 1 saturated carbocycles. The van der Waals surface area contributed by atoms with Crippen LogP contribution in [0.5, 0.6) is 0 Å². The molecule has 1 aliphatic carbocycles. The van der Waals surface area contributed by atoms with Crippen molar-refractivity contribution in [2.45, 2.75) is 28.0 Å². The molecule has 96 valence electrons. The first-order valence-corrected chi connectivity index (χ1v) is 7.19. The quantitative estimate of drug-likeness (QED) is 0.789. The first-order valence-electron chi connectivity index (χ1n) is 6.30. The van der Waals surface area contributed by atoms with Crippen LogP contribution in [0.3, 0.4) is 0 Å². The van der Waals surface area contributed by atoms with Gasteiger partial charge in [-0.25, -0.2) is 9.97 Å². The zero-order valence-corrected chi connectivity index (χ0v) is 12.0. The number of benzene rings is 1. The molecule has 1 aliphatic heterocycles. The van der Waals surface area contributed by atoms with E-state index in [9.17, 15) is 0 Å². The minimum absolute atomic E-state index is 0.333. The summed E-state index contributed by atoms with van der Waals surface area (Å²) in [6.45, 7) is 0.978. The number of hydrogen-bond acceptors (Lipinski definition) is 5. The minimum Gasteiger partial charge on any atom is -0.309 e. The maximum atomic E-state index is 4.45. The summed E-state index contributed by atoms with van der Waals surface area (Å²) in [5.41, 5.74) is 2.96. The SMILES string of the molecule is Sc1cnc(N2CC3(CC3)c3ccc(S)cc32)nc1. The van der Waals surface area contributed by atoms with Crippen molar-refractivity contribution < 1.29 is 0 Å². The Morgan fingerprint density at radius 2 is 1.79 bits per heavy atom. The molecule has 2 heterocycles. The Bertz CT molecular complexity index is 650. The number of anilines is 2. The van der Waals surface area contributed by atoms with Gasteiger partial charge in [-0.05, 0) is 30.5 Å². The highest BCUT2D eigenvalue weighted by atomic mass is 32.1. The smallest absolute Gasteiger partial charge is 0.229 e. The van der Waals surface area contributed by atoms with E-state index in [1.165, 1.54) is 24.1 Å².